The summed E-state index contributed by atoms with van der Waals surface area (Å²) in [6.45, 7) is 5.83. The Morgan fingerprint density at radius 3 is 2.40 bits per heavy atom. The summed E-state index contributed by atoms with van der Waals surface area (Å²) in [5.41, 5.74) is 8.35. The monoisotopic (exact) mass is 275 g/mol. The third-order valence-corrected chi connectivity index (χ3v) is 4.04. The van der Waals surface area contributed by atoms with Crippen LogP contribution in [0.1, 0.15) is 24.5 Å². The van der Waals surface area contributed by atoms with Crippen LogP contribution < -0.4 is 11.1 Å². The fraction of sp³-hybridized carbons (Fsp3) is 0.562. The van der Waals surface area contributed by atoms with E-state index in [0.29, 0.717) is 0 Å². The Labute approximate surface area is 121 Å². The third-order valence-electron chi connectivity index (χ3n) is 4.04. The van der Waals surface area contributed by atoms with Crippen molar-refractivity contribution in [3.8, 4) is 0 Å². The molecular weight excluding hydrogens is 250 g/mol. The fourth-order valence-electron chi connectivity index (χ4n) is 2.84. The van der Waals surface area contributed by atoms with Crippen LogP contribution in [0.3, 0.4) is 0 Å². The molecule has 4 nitrogen and oxygen atoms in total. The maximum atomic E-state index is 11.3. The summed E-state index contributed by atoms with van der Waals surface area (Å²) in [6.07, 6.45) is 2.98. The van der Waals surface area contributed by atoms with E-state index in [0.717, 1.165) is 45.4 Å². The number of amides is 1. The van der Waals surface area contributed by atoms with Gasteiger partial charge in [-0.25, -0.2) is 0 Å². The molecule has 1 aliphatic rings. The van der Waals surface area contributed by atoms with Crippen molar-refractivity contribution >= 4 is 5.91 Å². The first-order valence-corrected chi connectivity index (χ1v) is 7.52. The Balaban J connectivity index is 1.85. The lowest BCUT2D eigenvalue weighted by Gasteiger charge is -2.22. The summed E-state index contributed by atoms with van der Waals surface area (Å²) in [5, 5.41) is 3.15. The second kappa shape index (κ2) is 7.41. The maximum Gasteiger partial charge on any atom is 0.234 e. The van der Waals surface area contributed by atoms with Crippen molar-refractivity contribution in [2.24, 2.45) is 5.73 Å². The van der Waals surface area contributed by atoms with Crippen LogP contribution in [-0.4, -0.2) is 43.0 Å². The molecule has 1 aliphatic heterocycles. The van der Waals surface area contributed by atoms with E-state index in [9.17, 15) is 4.79 Å². The molecule has 4 heteroatoms. The molecule has 1 atom stereocenters. The molecular formula is C16H25N3O. The molecule has 0 saturated heterocycles. The fourth-order valence-corrected chi connectivity index (χ4v) is 2.84. The molecule has 2 rings (SSSR count). The van der Waals surface area contributed by atoms with Gasteiger partial charge in [0.2, 0.25) is 5.91 Å². The number of nitrogens with two attached hydrogens (primary N) is 1. The highest BCUT2D eigenvalue weighted by Gasteiger charge is 2.17. The molecule has 0 bridgehead atoms. The van der Waals surface area contributed by atoms with E-state index in [2.05, 4.69) is 34.5 Å². The van der Waals surface area contributed by atoms with Gasteiger partial charge in [0.25, 0.3) is 0 Å². The third kappa shape index (κ3) is 4.05. The number of hydrogen-bond acceptors (Lipinski definition) is 3. The van der Waals surface area contributed by atoms with Gasteiger partial charge in [0, 0.05) is 19.6 Å². The number of nitrogens with one attached hydrogen (secondary N) is 1. The molecule has 0 saturated carbocycles. The highest BCUT2D eigenvalue weighted by molar-refractivity contribution is 5.79. The Bertz CT molecular complexity index is 420. The number of fused-ring (bicyclic) bond motifs is 1. The first-order valence-electron chi connectivity index (χ1n) is 7.52. The van der Waals surface area contributed by atoms with Crippen LogP contribution in [0, 0.1) is 0 Å². The quantitative estimate of drug-likeness (QED) is 0.812. The number of benzene rings is 1. The number of hydrogen-bond donors (Lipinski definition) is 2. The van der Waals surface area contributed by atoms with Crippen molar-refractivity contribution in [2.75, 3.05) is 26.2 Å². The number of rotatable bonds is 6. The topological polar surface area (TPSA) is 58.4 Å². The molecule has 0 spiro atoms. The molecule has 1 heterocycles. The molecule has 1 amide bonds. The maximum absolute atomic E-state index is 11.3. The predicted molar refractivity (Wildman–Crippen MR) is 81.6 cm³/mol. The van der Waals surface area contributed by atoms with Gasteiger partial charge < -0.3 is 16.0 Å². The van der Waals surface area contributed by atoms with Crippen LogP contribution in [-0.2, 0) is 17.6 Å². The van der Waals surface area contributed by atoms with Crippen LogP contribution in [0.4, 0.5) is 0 Å². The SMILES string of the molecule is CCNC(CCN1CCc2ccccc2CC1)C(N)=O. The summed E-state index contributed by atoms with van der Waals surface area (Å²) >= 11 is 0. The Hall–Kier alpha value is -1.39. The smallest absolute Gasteiger partial charge is 0.234 e. The van der Waals surface area contributed by atoms with Crippen LogP contribution in [0.15, 0.2) is 24.3 Å². The minimum Gasteiger partial charge on any atom is -0.368 e. The minimum absolute atomic E-state index is 0.203. The van der Waals surface area contributed by atoms with Crippen molar-refractivity contribution < 1.29 is 4.79 Å². The van der Waals surface area contributed by atoms with E-state index < -0.39 is 0 Å². The molecule has 20 heavy (non-hydrogen) atoms. The molecule has 0 fully saturated rings. The highest BCUT2D eigenvalue weighted by atomic mass is 16.1. The van der Waals surface area contributed by atoms with Crippen molar-refractivity contribution in [3.63, 3.8) is 0 Å². The molecule has 1 unspecified atom stereocenters. The van der Waals surface area contributed by atoms with E-state index in [-0.39, 0.29) is 11.9 Å². The second-order valence-corrected chi connectivity index (χ2v) is 5.41. The minimum atomic E-state index is -0.245. The van der Waals surface area contributed by atoms with Crippen molar-refractivity contribution in [1.82, 2.24) is 10.2 Å². The first-order chi connectivity index (χ1) is 9.70. The lowest BCUT2D eigenvalue weighted by Crippen LogP contribution is -2.43. The molecule has 0 aromatic heterocycles. The van der Waals surface area contributed by atoms with E-state index in [1.54, 1.807) is 0 Å². The number of primary amides is 1. The van der Waals surface area contributed by atoms with Crippen molar-refractivity contribution in [1.29, 1.82) is 0 Å². The van der Waals surface area contributed by atoms with E-state index in [1.165, 1.54) is 11.1 Å². The van der Waals surface area contributed by atoms with Crippen LogP contribution in [0.25, 0.3) is 0 Å². The lowest BCUT2D eigenvalue weighted by atomic mass is 10.0. The van der Waals surface area contributed by atoms with Gasteiger partial charge in [-0.1, -0.05) is 31.2 Å². The van der Waals surface area contributed by atoms with Gasteiger partial charge in [-0.05, 0) is 36.9 Å². The summed E-state index contributed by atoms with van der Waals surface area (Å²) < 4.78 is 0. The van der Waals surface area contributed by atoms with Crippen molar-refractivity contribution in [2.45, 2.75) is 32.2 Å². The van der Waals surface area contributed by atoms with Crippen LogP contribution in [0.2, 0.25) is 0 Å². The first kappa shape index (κ1) is 15.0. The van der Waals surface area contributed by atoms with Gasteiger partial charge >= 0.3 is 0 Å². The zero-order chi connectivity index (χ0) is 14.4. The van der Waals surface area contributed by atoms with Crippen molar-refractivity contribution in [3.05, 3.63) is 35.4 Å². The highest BCUT2D eigenvalue weighted by Crippen LogP contribution is 2.15. The molecule has 1 aromatic carbocycles. The Morgan fingerprint density at radius 1 is 1.30 bits per heavy atom. The van der Waals surface area contributed by atoms with Gasteiger partial charge in [0.1, 0.15) is 0 Å². The summed E-state index contributed by atoms with van der Waals surface area (Å²) in [4.78, 5) is 13.8. The van der Waals surface area contributed by atoms with Gasteiger partial charge in [-0.15, -0.1) is 0 Å². The summed E-state index contributed by atoms with van der Waals surface area (Å²) in [5.74, 6) is -0.245. The average molecular weight is 275 g/mol. The van der Waals surface area contributed by atoms with Gasteiger partial charge in [-0.3, -0.25) is 4.79 Å². The summed E-state index contributed by atoms with van der Waals surface area (Å²) in [6, 6.07) is 8.48. The predicted octanol–water partition coefficient (Wildman–Crippen LogP) is 0.941. The standard InChI is InChI=1S/C16H25N3O/c1-2-18-15(16(17)20)9-12-19-10-7-13-5-3-4-6-14(13)8-11-19/h3-6,15,18H,2,7-12H2,1H3,(H2,17,20). The average Bonchev–Trinajstić information content (AvgIpc) is 2.66. The van der Waals surface area contributed by atoms with Gasteiger partial charge in [0.15, 0.2) is 0 Å². The second-order valence-electron chi connectivity index (χ2n) is 5.41. The van der Waals surface area contributed by atoms with Gasteiger partial charge in [-0.2, -0.15) is 0 Å². The van der Waals surface area contributed by atoms with Gasteiger partial charge in [0.05, 0.1) is 6.04 Å². The lowest BCUT2D eigenvalue weighted by molar-refractivity contribution is -0.120. The number of likely N-dealkylation sites (N-methyl/N-ethyl adjacent to an activating group) is 1. The van der Waals surface area contributed by atoms with E-state index in [1.807, 2.05) is 6.92 Å². The zero-order valence-corrected chi connectivity index (χ0v) is 12.3. The molecule has 0 aliphatic carbocycles. The Kier molecular flexibility index (Phi) is 5.56. The number of carbonyl (C=O) groups excluding carboxylic acids is 1. The van der Waals surface area contributed by atoms with Crippen LogP contribution >= 0.6 is 0 Å². The number of nitrogens with zero attached hydrogens (tertiary/aromatic N) is 1. The zero-order valence-electron chi connectivity index (χ0n) is 12.3. The molecule has 110 valence electrons. The van der Waals surface area contributed by atoms with E-state index >= 15 is 0 Å². The normalized spacial score (nSPS) is 17.2. The summed E-state index contributed by atoms with van der Waals surface area (Å²) in [7, 11) is 0. The van der Waals surface area contributed by atoms with Crippen LogP contribution in [0.5, 0.6) is 0 Å². The Morgan fingerprint density at radius 2 is 1.90 bits per heavy atom. The largest absolute Gasteiger partial charge is 0.368 e. The molecule has 0 radical (unpaired) electrons. The van der Waals surface area contributed by atoms with E-state index in [4.69, 9.17) is 5.73 Å². The number of carbonyl (C=O) groups is 1. The molecule has 1 aromatic rings. The molecule has 3 N–H and O–H groups in total.